The van der Waals surface area contributed by atoms with Crippen molar-refractivity contribution in [2.24, 2.45) is 0 Å². The van der Waals surface area contributed by atoms with E-state index in [2.05, 4.69) is 14.7 Å². The molecule has 1 N–H and O–H groups in total. The summed E-state index contributed by atoms with van der Waals surface area (Å²) in [5.74, 6) is 0. The molecule has 2 aromatic rings. The van der Waals surface area contributed by atoms with Crippen LogP contribution in [0.2, 0.25) is 5.15 Å². The van der Waals surface area contributed by atoms with Gasteiger partial charge in [-0.2, -0.15) is 0 Å². The molecule has 96 valence electrons. The molecular formula is C10H10ClN3O2S2. The van der Waals surface area contributed by atoms with Crippen molar-refractivity contribution in [3.05, 3.63) is 39.6 Å². The molecule has 2 aromatic heterocycles. The fourth-order valence-electron chi connectivity index (χ4n) is 1.26. The van der Waals surface area contributed by atoms with Crippen molar-refractivity contribution in [1.29, 1.82) is 0 Å². The van der Waals surface area contributed by atoms with Crippen molar-refractivity contribution in [1.82, 2.24) is 14.7 Å². The highest BCUT2D eigenvalue weighted by atomic mass is 35.5. The van der Waals surface area contributed by atoms with Crippen LogP contribution in [-0.2, 0) is 16.6 Å². The maximum absolute atomic E-state index is 11.9. The molecule has 0 aliphatic carbocycles. The van der Waals surface area contributed by atoms with Crippen LogP contribution in [0.4, 0.5) is 0 Å². The predicted octanol–water partition coefficient (Wildman–Crippen LogP) is 1.98. The third-order valence-corrected chi connectivity index (χ3v) is 4.82. The molecule has 8 heteroatoms. The van der Waals surface area contributed by atoms with Crippen LogP contribution in [0.1, 0.15) is 10.6 Å². The number of nitrogens with one attached hydrogen (secondary N) is 1. The first-order valence-electron chi connectivity index (χ1n) is 4.99. The van der Waals surface area contributed by atoms with Gasteiger partial charge in [0.1, 0.15) is 10.0 Å². The zero-order chi connectivity index (χ0) is 13.2. The molecule has 0 unspecified atom stereocenters. The highest BCUT2D eigenvalue weighted by Gasteiger charge is 2.15. The van der Waals surface area contributed by atoms with Crippen LogP contribution in [-0.4, -0.2) is 18.4 Å². The van der Waals surface area contributed by atoms with Crippen molar-refractivity contribution in [3.8, 4) is 0 Å². The predicted molar refractivity (Wildman–Crippen MR) is 70.1 cm³/mol. The molecule has 0 saturated heterocycles. The number of halogens is 1. The number of rotatable bonds is 4. The number of aryl methyl sites for hydroxylation is 1. The summed E-state index contributed by atoms with van der Waals surface area (Å²) in [7, 11) is -3.56. The maximum atomic E-state index is 11.9. The van der Waals surface area contributed by atoms with E-state index in [0.29, 0.717) is 0 Å². The van der Waals surface area contributed by atoms with Gasteiger partial charge in [-0.3, -0.25) is 0 Å². The van der Waals surface area contributed by atoms with E-state index < -0.39 is 10.0 Å². The summed E-state index contributed by atoms with van der Waals surface area (Å²) in [5.41, 5.74) is 2.51. The number of hydrogen-bond donors (Lipinski definition) is 1. The molecule has 2 heterocycles. The Morgan fingerprint density at radius 3 is 2.72 bits per heavy atom. The molecule has 0 radical (unpaired) electrons. The molecule has 0 spiro atoms. The summed E-state index contributed by atoms with van der Waals surface area (Å²) < 4.78 is 26.4. The van der Waals surface area contributed by atoms with Gasteiger partial charge in [-0.15, -0.1) is 11.3 Å². The third kappa shape index (κ3) is 3.05. The number of thiazole rings is 1. The van der Waals surface area contributed by atoms with Crippen LogP contribution in [0.15, 0.2) is 28.7 Å². The van der Waals surface area contributed by atoms with Gasteiger partial charge in [0.25, 0.3) is 0 Å². The monoisotopic (exact) mass is 303 g/mol. The summed E-state index contributed by atoms with van der Waals surface area (Å²) in [5, 5.41) is 0.257. The van der Waals surface area contributed by atoms with Crippen molar-refractivity contribution in [3.63, 3.8) is 0 Å². The van der Waals surface area contributed by atoms with Gasteiger partial charge in [-0.05, 0) is 19.1 Å². The lowest BCUT2D eigenvalue weighted by Gasteiger charge is -2.05. The lowest BCUT2D eigenvalue weighted by molar-refractivity contribution is 0.581. The number of hydrogen-bond acceptors (Lipinski definition) is 5. The quantitative estimate of drug-likeness (QED) is 0.877. The number of nitrogens with zero attached hydrogens (tertiary/aromatic N) is 2. The first kappa shape index (κ1) is 13.4. The van der Waals surface area contributed by atoms with Crippen LogP contribution in [0.25, 0.3) is 0 Å². The molecule has 0 aliphatic heterocycles. The highest BCUT2D eigenvalue weighted by Crippen LogP contribution is 2.14. The normalized spacial score (nSPS) is 11.7. The standard InChI is InChI=1S/C10H10ClN3O2S2/c1-7-9(17-6-13-7)5-14-18(15,16)8-2-3-10(11)12-4-8/h2-4,6,14H,5H2,1H3. The molecule has 18 heavy (non-hydrogen) atoms. The Kier molecular flexibility index (Phi) is 3.96. The van der Waals surface area contributed by atoms with E-state index in [9.17, 15) is 8.42 Å². The van der Waals surface area contributed by atoms with Gasteiger partial charge in [-0.1, -0.05) is 11.6 Å². The van der Waals surface area contributed by atoms with E-state index >= 15 is 0 Å². The van der Waals surface area contributed by atoms with Crippen LogP contribution in [0.5, 0.6) is 0 Å². The second kappa shape index (κ2) is 5.31. The Bertz CT molecular complexity index is 637. The molecule has 0 saturated carbocycles. The molecule has 0 amide bonds. The summed E-state index contributed by atoms with van der Waals surface area (Å²) in [4.78, 5) is 8.78. The summed E-state index contributed by atoms with van der Waals surface area (Å²) in [6, 6.07) is 2.85. The van der Waals surface area contributed by atoms with Gasteiger partial charge in [0.05, 0.1) is 11.2 Å². The molecule has 0 atom stereocenters. The third-order valence-electron chi connectivity index (χ3n) is 2.28. The Hall–Kier alpha value is -1.02. The second-order valence-corrected chi connectivity index (χ2v) is 6.60. The topological polar surface area (TPSA) is 72.0 Å². The molecule has 5 nitrogen and oxygen atoms in total. The molecular weight excluding hydrogens is 294 g/mol. The Morgan fingerprint density at radius 2 is 2.17 bits per heavy atom. The van der Waals surface area contributed by atoms with Gasteiger partial charge in [0.2, 0.25) is 10.0 Å². The number of pyridine rings is 1. The maximum Gasteiger partial charge on any atom is 0.242 e. The van der Waals surface area contributed by atoms with Gasteiger partial charge >= 0.3 is 0 Å². The average Bonchev–Trinajstić information content (AvgIpc) is 2.73. The van der Waals surface area contributed by atoms with E-state index in [1.807, 2.05) is 6.92 Å². The molecule has 0 aromatic carbocycles. The fourth-order valence-corrected chi connectivity index (χ4v) is 3.12. The summed E-state index contributed by atoms with van der Waals surface area (Å²) in [6.45, 7) is 2.06. The minimum Gasteiger partial charge on any atom is -0.250 e. The van der Waals surface area contributed by atoms with E-state index in [-0.39, 0.29) is 16.6 Å². The minimum atomic E-state index is -3.56. The molecule has 0 bridgehead atoms. The van der Waals surface area contributed by atoms with Crippen LogP contribution < -0.4 is 4.72 Å². The number of sulfonamides is 1. The second-order valence-electron chi connectivity index (χ2n) is 3.50. The van der Waals surface area contributed by atoms with Gasteiger partial charge in [-0.25, -0.2) is 23.1 Å². The molecule has 2 rings (SSSR count). The number of aromatic nitrogens is 2. The van der Waals surface area contributed by atoms with Crippen LogP contribution in [0, 0.1) is 6.92 Å². The van der Waals surface area contributed by atoms with Crippen LogP contribution in [0.3, 0.4) is 0 Å². The molecule has 0 fully saturated rings. The minimum absolute atomic E-state index is 0.0917. The largest absolute Gasteiger partial charge is 0.250 e. The first-order valence-corrected chi connectivity index (χ1v) is 7.73. The summed E-state index contributed by atoms with van der Waals surface area (Å²) in [6.07, 6.45) is 1.23. The van der Waals surface area contributed by atoms with Crippen LogP contribution >= 0.6 is 22.9 Å². The van der Waals surface area contributed by atoms with Crippen molar-refractivity contribution in [2.45, 2.75) is 18.4 Å². The van der Waals surface area contributed by atoms with Gasteiger partial charge < -0.3 is 0 Å². The Labute approximate surface area is 114 Å². The zero-order valence-electron chi connectivity index (χ0n) is 9.42. The Balaban J connectivity index is 2.13. The van der Waals surface area contributed by atoms with E-state index in [1.165, 1.54) is 29.7 Å². The van der Waals surface area contributed by atoms with Gasteiger partial charge in [0, 0.05) is 17.6 Å². The average molecular weight is 304 g/mol. The summed E-state index contributed by atoms with van der Waals surface area (Å²) >= 11 is 7.02. The lowest BCUT2D eigenvalue weighted by Crippen LogP contribution is -2.23. The Morgan fingerprint density at radius 1 is 1.39 bits per heavy atom. The highest BCUT2D eigenvalue weighted by molar-refractivity contribution is 7.89. The van der Waals surface area contributed by atoms with E-state index in [1.54, 1.807) is 5.51 Å². The van der Waals surface area contributed by atoms with E-state index in [4.69, 9.17) is 11.6 Å². The zero-order valence-corrected chi connectivity index (χ0v) is 11.8. The van der Waals surface area contributed by atoms with Crippen molar-refractivity contribution < 1.29 is 8.42 Å². The fraction of sp³-hybridized carbons (Fsp3) is 0.200. The van der Waals surface area contributed by atoms with Crippen molar-refractivity contribution in [2.75, 3.05) is 0 Å². The van der Waals surface area contributed by atoms with Crippen molar-refractivity contribution >= 4 is 33.0 Å². The first-order chi connectivity index (χ1) is 8.49. The smallest absolute Gasteiger partial charge is 0.242 e. The SMILES string of the molecule is Cc1ncsc1CNS(=O)(=O)c1ccc(Cl)nc1. The lowest BCUT2D eigenvalue weighted by atomic mass is 10.4. The van der Waals surface area contributed by atoms with E-state index in [0.717, 1.165) is 10.6 Å². The molecule has 0 aliphatic rings. The van der Waals surface area contributed by atoms with Gasteiger partial charge in [0.15, 0.2) is 0 Å².